The topological polar surface area (TPSA) is 169 Å². The Balaban J connectivity index is 4.03. The summed E-state index contributed by atoms with van der Waals surface area (Å²) < 4.78 is 26.8. The van der Waals surface area contributed by atoms with E-state index in [9.17, 15) is 34.1 Å². The fourth-order valence-electron chi connectivity index (χ4n) is 5.59. The summed E-state index contributed by atoms with van der Waals surface area (Å²) in [6.45, 7) is 2.37. The second-order valence-electron chi connectivity index (χ2n) is 15.2. The smallest absolute Gasteiger partial charge is 0.472 e. The van der Waals surface area contributed by atoms with Crippen LogP contribution in [0.3, 0.4) is 0 Å². The number of carboxylic acid groups (broad SMARTS) is 1. The third-order valence-corrected chi connectivity index (χ3v) is 10.2. The minimum Gasteiger partial charge on any atom is -0.480 e. The summed E-state index contributed by atoms with van der Waals surface area (Å²) in [5.74, 6) is -2.49. The van der Waals surface area contributed by atoms with E-state index in [0.29, 0.717) is 12.8 Å². The molecule has 0 spiro atoms. The summed E-state index contributed by atoms with van der Waals surface area (Å²) in [6.07, 6.45) is 60.8. The molecule has 0 fully saturated rings. The van der Waals surface area contributed by atoms with E-state index in [1.165, 1.54) is 25.7 Å². The highest BCUT2D eigenvalue weighted by molar-refractivity contribution is 7.47. The number of carbonyl (C=O) groups excluding carboxylic acids is 2. The fourth-order valence-corrected chi connectivity index (χ4v) is 6.37. The first-order valence-electron chi connectivity index (χ1n) is 23.6. The molecule has 0 aromatic rings. The van der Waals surface area contributed by atoms with E-state index in [0.717, 1.165) is 89.9 Å². The standard InChI is InChI=1S/C52H82NO10P/c1-3-5-7-9-11-13-15-17-19-21-23-24-26-27-29-31-33-35-37-39-41-43-50(55)53-49(52(57)58)47-63-64(59,60)62-46-48(54)45-61-51(56)44-42-40-38-36-34-32-30-28-25-22-20-18-16-14-12-10-8-6-4-2/h5,7,11-14,17-20,23-25,27-29,32-35,48-49,54H,3-4,6,8-10,15-16,21-22,26,30-31,36-47H2,1-2H3,(H,53,55)(H,57,58)(H,59,60)/b7-5-,13-11-,14-12-,19-17-,20-18-,24-23-,28-25-,29-27-,34-32-,35-33-. The van der Waals surface area contributed by atoms with Crippen molar-refractivity contribution >= 4 is 25.7 Å². The van der Waals surface area contributed by atoms with Gasteiger partial charge in [-0.25, -0.2) is 9.36 Å². The number of amides is 1. The molecule has 0 aromatic carbocycles. The molecule has 3 unspecified atom stereocenters. The van der Waals surface area contributed by atoms with Crippen molar-refractivity contribution in [3.05, 3.63) is 122 Å². The zero-order valence-electron chi connectivity index (χ0n) is 39.0. The lowest BCUT2D eigenvalue weighted by molar-refractivity contribution is -0.147. The molecule has 0 bridgehead atoms. The van der Waals surface area contributed by atoms with Gasteiger partial charge in [0.25, 0.3) is 0 Å². The van der Waals surface area contributed by atoms with Crippen LogP contribution in [-0.4, -0.2) is 64.9 Å². The first-order valence-corrected chi connectivity index (χ1v) is 25.1. The molecule has 0 aromatic heterocycles. The molecule has 0 saturated heterocycles. The number of carboxylic acids is 1. The molecule has 0 aliphatic rings. The van der Waals surface area contributed by atoms with Crippen molar-refractivity contribution in [3.63, 3.8) is 0 Å². The van der Waals surface area contributed by atoms with E-state index in [-0.39, 0.29) is 12.8 Å². The lowest BCUT2D eigenvalue weighted by Gasteiger charge is -2.18. The number of carbonyl (C=O) groups is 3. The summed E-state index contributed by atoms with van der Waals surface area (Å²) in [4.78, 5) is 46.0. The molecule has 0 aliphatic heterocycles. The second-order valence-corrected chi connectivity index (χ2v) is 16.7. The van der Waals surface area contributed by atoms with Crippen molar-refractivity contribution < 1.29 is 47.8 Å². The zero-order valence-corrected chi connectivity index (χ0v) is 39.9. The monoisotopic (exact) mass is 912 g/mol. The SMILES string of the molecule is CC/C=C\C/C=C\C/C=C\C/C=C\C/C=C\C/C=C\CCCCC(=O)NC(COP(=O)(O)OCC(O)COC(=O)CCCCC/C=C\C/C=C\C/C=C\C/C=C\CCCCC)C(=O)O. The number of aliphatic hydroxyl groups excluding tert-OH is 1. The largest absolute Gasteiger partial charge is 0.480 e. The molecular formula is C52H82NO10P. The van der Waals surface area contributed by atoms with Crippen LogP contribution in [0.25, 0.3) is 0 Å². The molecule has 1 amide bonds. The van der Waals surface area contributed by atoms with Crippen molar-refractivity contribution in [3.8, 4) is 0 Å². The highest BCUT2D eigenvalue weighted by Crippen LogP contribution is 2.43. The number of aliphatic hydroxyl groups is 1. The van der Waals surface area contributed by atoms with Gasteiger partial charge >= 0.3 is 19.8 Å². The summed E-state index contributed by atoms with van der Waals surface area (Å²) in [7, 11) is -4.79. The highest BCUT2D eigenvalue weighted by atomic mass is 31.2. The number of ether oxygens (including phenoxy) is 1. The molecule has 4 N–H and O–H groups in total. The lowest BCUT2D eigenvalue weighted by Crippen LogP contribution is -2.43. The van der Waals surface area contributed by atoms with Crippen molar-refractivity contribution in [2.24, 2.45) is 0 Å². The highest BCUT2D eigenvalue weighted by Gasteiger charge is 2.28. The van der Waals surface area contributed by atoms with Gasteiger partial charge in [-0.05, 0) is 109 Å². The minimum atomic E-state index is -4.79. The van der Waals surface area contributed by atoms with E-state index in [4.69, 9.17) is 13.8 Å². The van der Waals surface area contributed by atoms with Crippen LogP contribution < -0.4 is 5.32 Å². The first-order chi connectivity index (χ1) is 31.1. The predicted molar refractivity (Wildman–Crippen MR) is 263 cm³/mol. The molecule has 360 valence electrons. The number of aliphatic carboxylic acids is 1. The average Bonchev–Trinajstić information content (AvgIpc) is 3.27. The number of hydrogen-bond acceptors (Lipinski definition) is 8. The minimum absolute atomic E-state index is 0.0801. The molecule has 64 heavy (non-hydrogen) atoms. The van der Waals surface area contributed by atoms with Crippen LogP contribution in [0.15, 0.2) is 122 Å². The van der Waals surface area contributed by atoms with Gasteiger partial charge in [0.05, 0.1) is 13.2 Å². The van der Waals surface area contributed by atoms with Crippen LogP contribution >= 0.6 is 7.82 Å². The third kappa shape index (κ3) is 44.5. The predicted octanol–water partition coefficient (Wildman–Crippen LogP) is 12.8. The Hall–Kier alpha value is -4.12. The Morgan fingerprint density at radius 2 is 0.906 bits per heavy atom. The molecule has 0 radical (unpaired) electrons. The van der Waals surface area contributed by atoms with Crippen molar-refractivity contribution in [1.29, 1.82) is 0 Å². The molecular weight excluding hydrogens is 830 g/mol. The number of unbranched alkanes of at least 4 members (excludes halogenated alkanes) is 8. The molecule has 0 aliphatic carbocycles. The molecule has 12 heteroatoms. The van der Waals surface area contributed by atoms with Gasteiger partial charge in [-0.15, -0.1) is 0 Å². The van der Waals surface area contributed by atoms with Gasteiger partial charge in [-0.3, -0.25) is 18.6 Å². The average molecular weight is 912 g/mol. The fraction of sp³-hybridized carbons (Fsp3) is 0.558. The van der Waals surface area contributed by atoms with Crippen LogP contribution in [0.4, 0.5) is 0 Å². The lowest BCUT2D eigenvalue weighted by atomic mass is 10.1. The Kier molecular flexibility index (Phi) is 42.5. The van der Waals surface area contributed by atoms with Gasteiger partial charge < -0.3 is 25.2 Å². The maximum Gasteiger partial charge on any atom is 0.472 e. The Labute approximate surface area is 386 Å². The number of nitrogens with one attached hydrogen (secondary N) is 1. The van der Waals surface area contributed by atoms with E-state index in [1.807, 2.05) is 6.08 Å². The summed E-state index contributed by atoms with van der Waals surface area (Å²) in [6, 6.07) is -1.58. The van der Waals surface area contributed by atoms with Crippen LogP contribution in [0.5, 0.6) is 0 Å². The molecule has 3 atom stereocenters. The normalized spacial score (nSPS) is 14.7. The number of phosphoric ester groups is 1. The van der Waals surface area contributed by atoms with E-state index in [2.05, 4.69) is 135 Å². The van der Waals surface area contributed by atoms with E-state index < -0.39 is 57.6 Å². The van der Waals surface area contributed by atoms with Crippen LogP contribution in [0.1, 0.15) is 155 Å². The van der Waals surface area contributed by atoms with Gasteiger partial charge in [-0.1, -0.05) is 155 Å². The third-order valence-electron chi connectivity index (χ3n) is 9.23. The molecule has 0 rings (SSSR count). The van der Waals surface area contributed by atoms with Crippen LogP contribution in [-0.2, 0) is 32.7 Å². The zero-order chi connectivity index (χ0) is 47.0. The second kappa shape index (κ2) is 45.4. The summed E-state index contributed by atoms with van der Waals surface area (Å²) in [5.41, 5.74) is 0. The summed E-state index contributed by atoms with van der Waals surface area (Å²) in [5, 5.41) is 21.8. The van der Waals surface area contributed by atoms with Gasteiger partial charge in [0, 0.05) is 12.8 Å². The number of phosphoric acid groups is 1. The van der Waals surface area contributed by atoms with Gasteiger partial charge in [0.1, 0.15) is 12.7 Å². The van der Waals surface area contributed by atoms with Crippen LogP contribution in [0, 0.1) is 0 Å². The Morgan fingerprint density at radius 1 is 0.516 bits per heavy atom. The van der Waals surface area contributed by atoms with Gasteiger partial charge in [-0.2, -0.15) is 0 Å². The molecule has 11 nitrogen and oxygen atoms in total. The maximum absolute atomic E-state index is 12.3. The van der Waals surface area contributed by atoms with Crippen LogP contribution in [0.2, 0.25) is 0 Å². The van der Waals surface area contributed by atoms with E-state index >= 15 is 0 Å². The number of hydrogen-bond donors (Lipinski definition) is 4. The van der Waals surface area contributed by atoms with Gasteiger partial charge in [0.15, 0.2) is 6.04 Å². The maximum atomic E-state index is 12.3. The van der Waals surface area contributed by atoms with Gasteiger partial charge in [0.2, 0.25) is 5.91 Å². The first kappa shape index (κ1) is 59.9. The number of allylic oxidation sites excluding steroid dienone is 20. The number of rotatable bonds is 42. The molecule has 0 heterocycles. The van der Waals surface area contributed by atoms with E-state index in [1.54, 1.807) is 0 Å². The van der Waals surface area contributed by atoms with Crippen molar-refractivity contribution in [2.45, 2.75) is 167 Å². The molecule has 0 saturated carbocycles. The van der Waals surface area contributed by atoms with Crippen molar-refractivity contribution in [1.82, 2.24) is 5.32 Å². The van der Waals surface area contributed by atoms with Crippen molar-refractivity contribution in [2.75, 3.05) is 19.8 Å². The Morgan fingerprint density at radius 3 is 1.34 bits per heavy atom. The quantitative estimate of drug-likeness (QED) is 0.0200. The number of esters is 1. The Bertz CT molecular complexity index is 1540. The summed E-state index contributed by atoms with van der Waals surface area (Å²) >= 11 is 0.